The maximum absolute atomic E-state index is 11.8. The van der Waals surface area contributed by atoms with E-state index in [0.717, 1.165) is 30.5 Å². The van der Waals surface area contributed by atoms with Gasteiger partial charge >= 0.3 is 5.69 Å². The Kier molecular flexibility index (Phi) is 2.29. The Morgan fingerprint density at radius 2 is 2.25 bits per heavy atom. The third-order valence-electron chi connectivity index (χ3n) is 3.25. The summed E-state index contributed by atoms with van der Waals surface area (Å²) in [5, 5.41) is 3.41. The number of nitrogens with one attached hydrogen (secondary N) is 2. The van der Waals surface area contributed by atoms with Gasteiger partial charge < -0.3 is 10.3 Å². The van der Waals surface area contributed by atoms with Gasteiger partial charge in [-0.1, -0.05) is 12.1 Å². The Bertz CT molecular complexity index is 549. The van der Waals surface area contributed by atoms with Gasteiger partial charge in [-0.2, -0.15) is 0 Å². The van der Waals surface area contributed by atoms with Crippen molar-refractivity contribution in [1.82, 2.24) is 14.9 Å². The Labute approximate surface area is 93.3 Å². The van der Waals surface area contributed by atoms with E-state index in [0.29, 0.717) is 6.04 Å². The van der Waals surface area contributed by atoms with Crippen molar-refractivity contribution >= 4 is 11.0 Å². The SMILES string of the molecule is O=c1[nH]c2ccccc2n1CC1CCCN1. The number of para-hydroxylation sites is 2. The van der Waals surface area contributed by atoms with Crippen LogP contribution < -0.4 is 11.0 Å². The van der Waals surface area contributed by atoms with Crippen LogP contribution in [-0.2, 0) is 6.54 Å². The van der Waals surface area contributed by atoms with E-state index in [1.807, 2.05) is 28.8 Å². The second kappa shape index (κ2) is 3.79. The molecule has 1 aliphatic heterocycles. The zero-order valence-electron chi connectivity index (χ0n) is 9.07. The summed E-state index contributed by atoms with van der Waals surface area (Å²) in [6, 6.07) is 8.28. The van der Waals surface area contributed by atoms with Crippen molar-refractivity contribution in [2.24, 2.45) is 0 Å². The van der Waals surface area contributed by atoms with Gasteiger partial charge in [0, 0.05) is 12.6 Å². The average molecular weight is 217 g/mol. The minimum atomic E-state index is -0.00472. The third kappa shape index (κ3) is 1.55. The molecule has 1 unspecified atom stereocenters. The molecule has 1 aromatic carbocycles. The molecule has 2 heterocycles. The standard InChI is InChI=1S/C12H15N3O/c16-12-14-10-5-1-2-6-11(10)15(12)8-9-4-3-7-13-9/h1-2,5-6,9,13H,3-4,7-8H2,(H,14,16). The van der Waals surface area contributed by atoms with Crippen LogP contribution in [-0.4, -0.2) is 22.1 Å². The van der Waals surface area contributed by atoms with Crippen molar-refractivity contribution in [2.45, 2.75) is 25.4 Å². The molecule has 3 rings (SSSR count). The van der Waals surface area contributed by atoms with Crippen LogP contribution >= 0.6 is 0 Å². The molecule has 0 amide bonds. The quantitative estimate of drug-likeness (QED) is 0.791. The van der Waals surface area contributed by atoms with E-state index >= 15 is 0 Å². The summed E-state index contributed by atoms with van der Waals surface area (Å²) in [5.74, 6) is 0. The molecule has 1 saturated heterocycles. The van der Waals surface area contributed by atoms with Gasteiger partial charge in [-0.25, -0.2) is 4.79 Å². The molecule has 0 bridgehead atoms. The second-order valence-corrected chi connectivity index (χ2v) is 4.35. The second-order valence-electron chi connectivity index (χ2n) is 4.35. The van der Waals surface area contributed by atoms with E-state index in [1.165, 1.54) is 6.42 Å². The number of hydrogen-bond acceptors (Lipinski definition) is 2. The highest BCUT2D eigenvalue weighted by molar-refractivity contribution is 5.74. The summed E-state index contributed by atoms with van der Waals surface area (Å²) in [4.78, 5) is 14.7. The number of H-pyrrole nitrogens is 1. The third-order valence-corrected chi connectivity index (χ3v) is 3.25. The first-order valence-corrected chi connectivity index (χ1v) is 5.75. The molecular formula is C12H15N3O. The number of hydrogen-bond donors (Lipinski definition) is 2. The number of fused-ring (bicyclic) bond motifs is 1. The lowest BCUT2D eigenvalue weighted by Gasteiger charge is -2.10. The van der Waals surface area contributed by atoms with E-state index in [1.54, 1.807) is 0 Å². The molecule has 4 nitrogen and oxygen atoms in total. The van der Waals surface area contributed by atoms with Gasteiger partial charge in [0.25, 0.3) is 0 Å². The average Bonchev–Trinajstić information content (AvgIpc) is 2.89. The molecule has 2 aromatic rings. The van der Waals surface area contributed by atoms with Gasteiger partial charge in [0.15, 0.2) is 0 Å². The molecule has 1 fully saturated rings. The lowest BCUT2D eigenvalue weighted by atomic mass is 10.2. The number of aromatic amines is 1. The van der Waals surface area contributed by atoms with Crippen LogP contribution in [0, 0.1) is 0 Å². The van der Waals surface area contributed by atoms with E-state index in [2.05, 4.69) is 10.3 Å². The van der Waals surface area contributed by atoms with E-state index < -0.39 is 0 Å². The Hall–Kier alpha value is -1.55. The molecule has 0 radical (unpaired) electrons. The minimum absolute atomic E-state index is 0.00472. The molecule has 4 heteroatoms. The largest absolute Gasteiger partial charge is 0.326 e. The fourth-order valence-electron chi connectivity index (χ4n) is 2.42. The van der Waals surface area contributed by atoms with Crippen molar-refractivity contribution in [1.29, 1.82) is 0 Å². The Balaban J connectivity index is 2.01. The summed E-state index contributed by atoms with van der Waals surface area (Å²) in [5.41, 5.74) is 1.92. The van der Waals surface area contributed by atoms with Gasteiger partial charge in [-0.15, -0.1) is 0 Å². The zero-order valence-corrected chi connectivity index (χ0v) is 9.07. The molecule has 2 N–H and O–H groups in total. The molecule has 84 valence electrons. The van der Waals surface area contributed by atoms with E-state index in [9.17, 15) is 4.79 Å². The molecule has 1 aliphatic rings. The maximum atomic E-state index is 11.8. The summed E-state index contributed by atoms with van der Waals surface area (Å²) >= 11 is 0. The summed E-state index contributed by atoms with van der Waals surface area (Å²) < 4.78 is 1.83. The predicted molar refractivity (Wildman–Crippen MR) is 63.6 cm³/mol. The maximum Gasteiger partial charge on any atom is 0.326 e. The van der Waals surface area contributed by atoms with E-state index in [-0.39, 0.29) is 5.69 Å². The number of rotatable bonds is 2. The van der Waals surface area contributed by atoms with Gasteiger partial charge in [0.2, 0.25) is 0 Å². The van der Waals surface area contributed by atoms with Gasteiger partial charge in [-0.3, -0.25) is 4.57 Å². The number of imidazole rings is 1. The first kappa shape index (κ1) is 9.66. The topological polar surface area (TPSA) is 49.8 Å². The summed E-state index contributed by atoms with van der Waals surface area (Å²) in [6.45, 7) is 1.84. The normalized spacial score (nSPS) is 20.6. The van der Waals surface area contributed by atoms with Crippen LogP contribution in [0.1, 0.15) is 12.8 Å². The first-order valence-electron chi connectivity index (χ1n) is 5.75. The van der Waals surface area contributed by atoms with Crippen LogP contribution in [0.3, 0.4) is 0 Å². The number of nitrogens with zero attached hydrogens (tertiary/aromatic N) is 1. The Morgan fingerprint density at radius 1 is 1.38 bits per heavy atom. The smallest absolute Gasteiger partial charge is 0.312 e. The number of aromatic nitrogens is 2. The predicted octanol–water partition coefficient (Wildman–Crippen LogP) is 1.08. The molecule has 0 aliphatic carbocycles. The van der Waals surface area contributed by atoms with Crippen molar-refractivity contribution in [2.75, 3.05) is 6.54 Å². The lowest BCUT2D eigenvalue weighted by Crippen LogP contribution is -2.31. The monoisotopic (exact) mass is 217 g/mol. The van der Waals surface area contributed by atoms with Crippen molar-refractivity contribution < 1.29 is 0 Å². The summed E-state index contributed by atoms with van der Waals surface area (Å²) in [6.07, 6.45) is 2.37. The highest BCUT2D eigenvalue weighted by Crippen LogP contribution is 2.12. The van der Waals surface area contributed by atoms with E-state index in [4.69, 9.17) is 0 Å². The summed E-state index contributed by atoms with van der Waals surface area (Å²) in [7, 11) is 0. The van der Waals surface area contributed by atoms with Gasteiger partial charge in [-0.05, 0) is 31.5 Å². The molecular weight excluding hydrogens is 202 g/mol. The van der Waals surface area contributed by atoms with Crippen LogP contribution in [0.5, 0.6) is 0 Å². The lowest BCUT2D eigenvalue weighted by molar-refractivity contribution is 0.509. The fourth-order valence-corrected chi connectivity index (χ4v) is 2.42. The zero-order chi connectivity index (χ0) is 11.0. The van der Waals surface area contributed by atoms with Gasteiger partial charge in [0.05, 0.1) is 11.0 Å². The van der Waals surface area contributed by atoms with Crippen LogP contribution in [0.15, 0.2) is 29.1 Å². The minimum Gasteiger partial charge on any atom is -0.312 e. The van der Waals surface area contributed by atoms with Crippen LogP contribution in [0.2, 0.25) is 0 Å². The van der Waals surface area contributed by atoms with Gasteiger partial charge in [0.1, 0.15) is 0 Å². The van der Waals surface area contributed by atoms with Crippen molar-refractivity contribution in [3.63, 3.8) is 0 Å². The molecule has 1 aromatic heterocycles. The highest BCUT2D eigenvalue weighted by Gasteiger charge is 2.16. The molecule has 0 spiro atoms. The molecule has 16 heavy (non-hydrogen) atoms. The Morgan fingerprint density at radius 3 is 3.06 bits per heavy atom. The molecule has 0 saturated carbocycles. The van der Waals surface area contributed by atoms with Crippen LogP contribution in [0.25, 0.3) is 11.0 Å². The van der Waals surface area contributed by atoms with Crippen molar-refractivity contribution in [3.8, 4) is 0 Å². The first-order chi connectivity index (χ1) is 7.84. The van der Waals surface area contributed by atoms with Crippen molar-refractivity contribution in [3.05, 3.63) is 34.7 Å². The molecule has 1 atom stereocenters. The van der Waals surface area contributed by atoms with Crippen LogP contribution in [0.4, 0.5) is 0 Å². The fraction of sp³-hybridized carbons (Fsp3) is 0.417. The number of benzene rings is 1. The highest BCUT2D eigenvalue weighted by atomic mass is 16.1.